The van der Waals surface area contributed by atoms with Crippen molar-refractivity contribution in [2.75, 3.05) is 0 Å². The number of aromatic nitrogens is 4. The van der Waals surface area contributed by atoms with E-state index in [1.54, 1.807) is 12.1 Å². The molecule has 2 aromatic heterocycles. The standard InChI is InChI=1S/C18H17FN4O3/c1-11(2)23-18(14(19)7-22-23)17-12(6-20-10-21-17)9-26-16-5-3-4-15(25)13(16)8-24/h3-8,10-11,25H,9H2,1-2H3. The number of ether oxygens (including phenoxy) is 1. The number of hydrogen-bond donors (Lipinski definition) is 1. The maximum atomic E-state index is 14.3. The van der Waals surface area contributed by atoms with Gasteiger partial charge in [-0.3, -0.25) is 9.48 Å². The van der Waals surface area contributed by atoms with E-state index >= 15 is 0 Å². The molecule has 0 aliphatic rings. The third-order valence-electron chi connectivity index (χ3n) is 3.80. The van der Waals surface area contributed by atoms with Crippen LogP contribution in [0.25, 0.3) is 11.4 Å². The zero-order chi connectivity index (χ0) is 18.7. The number of phenolic OH excluding ortho intramolecular Hbond substituents is 1. The largest absolute Gasteiger partial charge is 0.507 e. The quantitative estimate of drug-likeness (QED) is 0.682. The summed E-state index contributed by atoms with van der Waals surface area (Å²) < 4.78 is 21.5. The van der Waals surface area contributed by atoms with Gasteiger partial charge in [-0.05, 0) is 26.0 Å². The normalized spacial score (nSPS) is 10.9. The number of nitrogens with zero attached hydrogens (tertiary/aromatic N) is 4. The van der Waals surface area contributed by atoms with Crippen LogP contribution in [-0.4, -0.2) is 31.1 Å². The Morgan fingerprint density at radius 3 is 2.88 bits per heavy atom. The summed E-state index contributed by atoms with van der Waals surface area (Å²) in [5.41, 5.74) is 1.17. The maximum Gasteiger partial charge on any atom is 0.170 e. The molecule has 2 heterocycles. The molecule has 0 saturated carbocycles. The van der Waals surface area contributed by atoms with E-state index < -0.39 is 5.82 Å². The number of aldehydes is 1. The molecule has 0 unspecified atom stereocenters. The van der Waals surface area contributed by atoms with E-state index in [4.69, 9.17) is 4.74 Å². The number of benzene rings is 1. The molecule has 0 atom stereocenters. The second-order valence-electron chi connectivity index (χ2n) is 5.87. The van der Waals surface area contributed by atoms with E-state index in [2.05, 4.69) is 15.1 Å². The second kappa shape index (κ2) is 7.30. The molecular weight excluding hydrogens is 339 g/mol. The lowest BCUT2D eigenvalue weighted by Gasteiger charge is -2.14. The zero-order valence-corrected chi connectivity index (χ0v) is 14.3. The highest BCUT2D eigenvalue weighted by molar-refractivity contribution is 5.83. The van der Waals surface area contributed by atoms with Crippen LogP contribution in [0.2, 0.25) is 0 Å². The molecule has 1 N–H and O–H groups in total. The molecule has 3 rings (SSSR count). The minimum Gasteiger partial charge on any atom is -0.507 e. The fraction of sp³-hybridized carbons (Fsp3) is 0.222. The Morgan fingerprint density at radius 1 is 1.35 bits per heavy atom. The van der Waals surface area contributed by atoms with Gasteiger partial charge in [0, 0.05) is 17.8 Å². The summed E-state index contributed by atoms with van der Waals surface area (Å²) in [5, 5.41) is 13.8. The Bertz CT molecular complexity index is 940. The number of rotatable bonds is 6. The highest BCUT2D eigenvalue weighted by Crippen LogP contribution is 2.29. The van der Waals surface area contributed by atoms with Crippen LogP contribution in [0, 0.1) is 5.82 Å². The molecular formula is C18H17FN4O3. The van der Waals surface area contributed by atoms with Crippen LogP contribution >= 0.6 is 0 Å². The molecule has 8 heteroatoms. The molecule has 3 aromatic rings. The number of carbonyl (C=O) groups is 1. The lowest BCUT2D eigenvalue weighted by molar-refractivity contribution is 0.111. The van der Waals surface area contributed by atoms with Gasteiger partial charge in [-0.25, -0.2) is 14.4 Å². The first-order valence-electron chi connectivity index (χ1n) is 7.95. The summed E-state index contributed by atoms with van der Waals surface area (Å²) in [7, 11) is 0. The van der Waals surface area contributed by atoms with Crippen molar-refractivity contribution in [2.45, 2.75) is 26.5 Å². The Hall–Kier alpha value is -3.29. The van der Waals surface area contributed by atoms with Crippen LogP contribution in [0.1, 0.15) is 35.8 Å². The van der Waals surface area contributed by atoms with E-state index in [9.17, 15) is 14.3 Å². The van der Waals surface area contributed by atoms with Crippen molar-refractivity contribution < 1.29 is 19.0 Å². The van der Waals surface area contributed by atoms with E-state index in [0.717, 1.165) is 6.20 Å². The Balaban J connectivity index is 1.96. The molecule has 0 amide bonds. The number of phenols is 1. The fourth-order valence-electron chi connectivity index (χ4n) is 2.56. The van der Waals surface area contributed by atoms with Gasteiger partial charge in [0.1, 0.15) is 35.8 Å². The lowest BCUT2D eigenvalue weighted by atomic mass is 10.1. The van der Waals surface area contributed by atoms with Crippen LogP contribution in [0.3, 0.4) is 0 Å². The summed E-state index contributed by atoms with van der Waals surface area (Å²) in [6, 6.07) is 4.45. The van der Waals surface area contributed by atoms with E-state index in [0.29, 0.717) is 17.5 Å². The SMILES string of the molecule is CC(C)n1ncc(F)c1-c1ncncc1COc1cccc(O)c1C=O. The molecule has 7 nitrogen and oxygen atoms in total. The van der Waals surface area contributed by atoms with Gasteiger partial charge in [-0.1, -0.05) is 6.07 Å². The van der Waals surface area contributed by atoms with E-state index in [-0.39, 0.29) is 35.4 Å². The number of hydrogen-bond acceptors (Lipinski definition) is 6. The maximum absolute atomic E-state index is 14.3. The first-order chi connectivity index (χ1) is 12.5. The van der Waals surface area contributed by atoms with Crippen LogP contribution in [-0.2, 0) is 6.61 Å². The number of halogens is 1. The average Bonchev–Trinajstić information content (AvgIpc) is 3.02. The molecule has 1 aromatic carbocycles. The van der Waals surface area contributed by atoms with Crippen LogP contribution in [0.5, 0.6) is 11.5 Å². The average molecular weight is 356 g/mol. The van der Waals surface area contributed by atoms with Crippen molar-refractivity contribution in [2.24, 2.45) is 0 Å². The first kappa shape index (κ1) is 17.5. The van der Waals surface area contributed by atoms with E-state index in [1.165, 1.54) is 23.3 Å². The number of aromatic hydroxyl groups is 1. The van der Waals surface area contributed by atoms with Gasteiger partial charge in [0.25, 0.3) is 0 Å². The minimum absolute atomic E-state index is 0.0107. The van der Waals surface area contributed by atoms with Gasteiger partial charge in [0.05, 0.1) is 11.8 Å². The van der Waals surface area contributed by atoms with Crippen molar-refractivity contribution in [1.29, 1.82) is 0 Å². The molecule has 26 heavy (non-hydrogen) atoms. The summed E-state index contributed by atoms with van der Waals surface area (Å²) in [6.07, 6.45) is 4.49. The Kier molecular flexibility index (Phi) is 4.92. The van der Waals surface area contributed by atoms with Gasteiger partial charge >= 0.3 is 0 Å². The first-order valence-corrected chi connectivity index (χ1v) is 7.95. The lowest BCUT2D eigenvalue weighted by Crippen LogP contribution is -2.09. The predicted molar refractivity (Wildman–Crippen MR) is 91.4 cm³/mol. The van der Waals surface area contributed by atoms with Crippen LogP contribution in [0.15, 0.2) is 36.9 Å². The number of carbonyl (C=O) groups excluding carboxylic acids is 1. The molecule has 0 spiro atoms. The summed E-state index contributed by atoms with van der Waals surface area (Å²) >= 11 is 0. The fourth-order valence-corrected chi connectivity index (χ4v) is 2.56. The van der Waals surface area contributed by atoms with Crippen molar-refractivity contribution >= 4 is 6.29 Å². The molecule has 0 bridgehead atoms. The topological polar surface area (TPSA) is 90.1 Å². The third kappa shape index (κ3) is 3.26. The van der Waals surface area contributed by atoms with Crippen LogP contribution < -0.4 is 4.74 Å². The van der Waals surface area contributed by atoms with Gasteiger partial charge in [0.2, 0.25) is 0 Å². The van der Waals surface area contributed by atoms with E-state index in [1.807, 2.05) is 13.8 Å². The monoisotopic (exact) mass is 356 g/mol. The van der Waals surface area contributed by atoms with Crippen molar-refractivity contribution in [3.63, 3.8) is 0 Å². The Morgan fingerprint density at radius 2 is 2.15 bits per heavy atom. The molecule has 0 radical (unpaired) electrons. The van der Waals surface area contributed by atoms with Crippen LogP contribution in [0.4, 0.5) is 4.39 Å². The molecule has 0 fully saturated rings. The van der Waals surface area contributed by atoms with Crippen molar-refractivity contribution in [1.82, 2.24) is 19.7 Å². The predicted octanol–water partition coefficient (Wildman–Crippen LogP) is 3.16. The van der Waals surface area contributed by atoms with Gasteiger partial charge < -0.3 is 9.84 Å². The minimum atomic E-state index is -0.496. The molecule has 0 aliphatic carbocycles. The summed E-state index contributed by atoms with van der Waals surface area (Å²) in [6.45, 7) is 3.76. The molecule has 0 saturated heterocycles. The highest BCUT2D eigenvalue weighted by atomic mass is 19.1. The van der Waals surface area contributed by atoms with Gasteiger partial charge in [-0.2, -0.15) is 5.10 Å². The smallest absolute Gasteiger partial charge is 0.170 e. The summed E-state index contributed by atoms with van der Waals surface area (Å²) in [5.74, 6) is -0.455. The van der Waals surface area contributed by atoms with Crippen molar-refractivity contribution in [3.8, 4) is 22.9 Å². The van der Waals surface area contributed by atoms with Gasteiger partial charge in [-0.15, -0.1) is 0 Å². The highest BCUT2D eigenvalue weighted by Gasteiger charge is 2.20. The second-order valence-corrected chi connectivity index (χ2v) is 5.87. The Labute approximate surface area is 149 Å². The van der Waals surface area contributed by atoms with Gasteiger partial charge in [0.15, 0.2) is 12.1 Å². The third-order valence-corrected chi connectivity index (χ3v) is 3.80. The van der Waals surface area contributed by atoms with Crippen molar-refractivity contribution in [3.05, 3.63) is 53.9 Å². The molecule has 134 valence electrons. The zero-order valence-electron chi connectivity index (χ0n) is 14.3. The summed E-state index contributed by atoms with van der Waals surface area (Å²) in [4.78, 5) is 19.3. The molecule has 0 aliphatic heterocycles.